The van der Waals surface area contributed by atoms with Gasteiger partial charge in [-0.3, -0.25) is 9.78 Å². The Labute approximate surface area is 151 Å². The van der Waals surface area contributed by atoms with Crippen LogP contribution in [0.4, 0.5) is 0 Å². The number of hydrogen-bond acceptors (Lipinski definition) is 5. The molecule has 3 aliphatic rings. The van der Waals surface area contributed by atoms with Crippen LogP contribution in [-0.4, -0.2) is 50.2 Å². The standard InChI is InChI=1S/C19H21N5O2/c25-19(17-9-15(23-26-17)12-3-1-7-20-10-12)24-8-2-4-13-16(24)6-5-14-18(13)22-11-21-14/h1,3,7,10-11,13,16-17H,2,4-6,8-9H2,(H,21,22). The molecular formula is C19H21N5O2. The van der Waals surface area contributed by atoms with Crippen molar-refractivity contribution in [3.63, 3.8) is 0 Å². The van der Waals surface area contributed by atoms with Crippen LogP contribution >= 0.6 is 0 Å². The predicted octanol–water partition coefficient (Wildman–Crippen LogP) is 2.02. The number of rotatable bonds is 2. The lowest BCUT2D eigenvalue weighted by molar-refractivity contribution is -0.146. The summed E-state index contributed by atoms with van der Waals surface area (Å²) in [5.74, 6) is 0.393. The number of fused-ring (bicyclic) bond motifs is 3. The highest BCUT2D eigenvalue weighted by molar-refractivity contribution is 6.03. The topological polar surface area (TPSA) is 83.5 Å². The van der Waals surface area contributed by atoms with Gasteiger partial charge in [0.2, 0.25) is 6.10 Å². The minimum absolute atomic E-state index is 0.0568. The molecule has 7 nitrogen and oxygen atoms in total. The normalized spacial score (nSPS) is 27.3. The van der Waals surface area contributed by atoms with E-state index in [0.717, 1.165) is 49.2 Å². The van der Waals surface area contributed by atoms with E-state index in [0.29, 0.717) is 12.3 Å². The minimum Gasteiger partial charge on any atom is -0.382 e. The Hall–Kier alpha value is -2.70. The molecule has 134 valence electrons. The Morgan fingerprint density at radius 1 is 1.35 bits per heavy atom. The molecule has 1 aliphatic carbocycles. The number of nitrogens with one attached hydrogen (secondary N) is 1. The summed E-state index contributed by atoms with van der Waals surface area (Å²) in [5.41, 5.74) is 4.10. The van der Waals surface area contributed by atoms with Gasteiger partial charge >= 0.3 is 0 Å². The molecule has 0 spiro atoms. The molecule has 3 unspecified atom stereocenters. The molecule has 7 heteroatoms. The van der Waals surface area contributed by atoms with Gasteiger partial charge in [-0.05, 0) is 37.8 Å². The summed E-state index contributed by atoms with van der Waals surface area (Å²) in [4.78, 5) is 32.6. The van der Waals surface area contributed by atoms with Gasteiger partial charge in [0, 0.05) is 48.6 Å². The van der Waals surface area contributed by atoms with E-state index in [1.54, 1.807) is 18.7 Å². The van der Waals surface area contributed by atoms with Gasteiger partial charge in [0.15, 0.2) is 0 Å². The number of carbonyl (C=O) groups is 1. The molecule has 5 rings (SSSR count). The summed E-state index contributed by atoms with van der Waals surface area (Å²) in [6.45, 7) is 0.793. The van der Waals surface area contributed by atoms with Crippen molar-refractivity contribution >= 4 is 11.6 Å². The van der Waals surface area contributed by atoms with E-state index in [1.165, 1.54) is 5.69 Å². The Kier molecular flexibility index (Phi) is 3.72. The van der Waals surface area contributed by atoms with Gasteiger partial charge in [-0.15, -0.1) is 0 Å². The van der Waals surface area contributed by atoms with Gasteiger partial charge in [-0.1, -0.05) is 5.16 Å². The van der Waals surface area contributed by atoms with Crippen molar-refractivity contribution in [2.45, 2.75) is 50.2 Å². The molecule has 3 atom stereocenters. The third kappa shape index (κ3) is 2.50. The van der Waals surface area contributed by atoms with Gasteiger partial charge in [0.05, 0.1) is 17.7 Å². The molecule has 1 amide bonds. The first kappa shape index (κ1) is 15.5. The smallest absolute Gasteiger partial charge is 0.267 e. The van der Waals surface area contributed by atoms with Crippen molar-refractivity contribution in [3.8, 4) is 0 Å². The summed E-state index contributed by atoms with van der Waals surface area (Å²) in [7, 11) is 0. The van der Waals surface area contributed by atoms with Crippen molar-refractivity contribution in [1.29, 1.82) is 0 Å². The number of aromatic nitrogens is 3. The molecule has 1 saturated heterocycles. The molecule has 2 aromatic heterocycles. The van der Waals surface area contributed by atoms with Crippen LogP contribution < -0.4 is 0 Å². The molecule has 0 radical (unpaired) electrons. The molecule has 1 N–H and O–H groups in total. The second kappa shape index (κ2) is 6.23. The van der Waals surface area contributed by atoms with E-state index in [9.17, 15) is 4.79 Å². The summed E-state index contributed by atoms with van der Waals surface area (Å²) >= 11 is 0. The number of piperidine rings is 1. The SMILES string of the molecule is O=C(C1CC(c2cccnc2)=NO1)N1CCCC2c3nc[nH]c3CCC21. The molecule has 0 bridgehead atoms. The fraction of sp³-hybridized carbons (Fsp3) is 0.474. The highest BCUT2D eigenvalue weighted by Crippen LogP contribution is 2.39. The molecule has 0 saturated carbocycles. The van der Waals surface area contributed by atoms with Crippen LogP contribution in [-0.2, 0) is 16.1 Å². The minimum atomic E-state index is -0.524. The number of aryl methyl sites for hydroxylation is 1. The van der Waals surface area contributed by atoms with Crippen LogP contribution in [0.5, 0.6) is 0 Å². The molecule has 2 aliphatic heterocycles. The van der Waals surface area contributed by atoms with Crippen LogP contribution in [0.25, 0.3) is 0 Å². The van der Waals surface area contributed by atoms with Crippen LogP contribution in [0, 0.1) is 0 Å². The number of imidazole rings is 1. The third-order valence-corrected chi connectivity index (χ3v) is 5.79. The summed E-state index contributed by atoms with van der Waals surface area (Å²) in [6, 6.07) is 4.03. The average molecular weight is 351 g/mol. The van der Waals surface area contributed by atoms with Crippen LogP contribution in [0.15, 0.2) is 36.0 Å². The second-order valence-corrected chi connectivity index (χ2v) is 7.23. The number of carbonyl (C=O) groups excluding carboxylic acids is 1. The number of nitrogens with zero attached hydrogens (tertiary/aromatic N) is 4. The van der Waals surface area contributed by atoms with Crippen molar-refractivity contribution in [2.75, 3.05) is 6.54 Å². The molecule has 0 aromatic carbocycles. The Bertz CT molecular complexity index is 847. The number of oxime groups is 1. The second-order valence-electron chi connectivity index (χ2n) is 7.23. The average Bonchev–Trinajstić information content (AvgIpc) is 3.37. The number of amides is 1. The quantitative estimate of drug-likeness (QED) is 0.897. The van der Waals surface area contributed by atoms with E-state index < -0.39 is 6.10 Å². The van der Waals surface area contributed by atoms with Gasteiger partial charge in [-0.2, -0.15) is 0 Å². The number of aromatic amines is 1. The highest BCUT2D eigenvalue weighted by atomic mass is 16.6. The van der Waals surface area contributed by atoms with Crippen LogP contribution in [0.3, 0.4) is 0 Å². The van der Waals surface area contributed by atoms with Gasteiger partial charge in [-0.25, -0.2) is 4.98 Å². The monoisotopic (exact) mass is 351 g/mol. The highest BCUT2D eigenvalue weighted by Gasteiger charge is 2.43. The van der Waals surface area contributed by atoms with Crippen LogP contribution in [0.2, 0.25) is 0 Å². The zero-order valence-electron chi connectivity index (χ0n) is 14.5. The first-order valence-electron chi connectivity index (χ1n) is 9.27. The lowest BCUT2D eigenvalue weighted by atomic mass is 9.78. The van der Waals surface area contributed by atoms with Crippen molar-refractivity contribution in [3.05, 3.63) is 47.8 Å². The van der Waals surface area contributed by atoms with Crippen molar-refractivity contribution in [1.82, 2.24) is 19.9 Å². The summed E-state index contributed by atoms with van der Waals surface area (Å²) in [5, 5.41) is 4.15. The van der Waals surface area contributed by atoms with E-state index in [-0.39, 0.29) is 11.9 Å². The third-order valence-electron chi connectivity index (χ3n) is 5.79. The lowest BCUT2D eigenvalue weighted by Gasteiger charge is -2.43. The number of pyridine rings is 1. The maximum Gasteiger partial charge on any atom is 0.267 e. The first-order valence-corrected chi connectivity index (χ1v) is 9.27. The fourth-order valence-electron chi connectivity index (χ4n) is 4.55. The van der Waals surface area contributed by atoms with E-state index in [4.69, 9.17) is 4.84 Å². The van der Waals surface area contributed by atoms with Gasteiger partial charge in [0.1, 0.15) is 0 Å². The maximum absolute atomic E-state index is 13.2. The first-order chi connectivity index (χ1) is 12.8. The fourth-order valence-corrected chi connectivity index (χ4v) is 4.55. The van der Waals surface area contributed by atoms with Crippen molar-refractivity contribution in [2.24, 2.45) is 5.16 Å². The largest absolute Gasteiger partial charge is 0.382 e. The lowest BCUT2D eigenvalue weighted by Crippen LogP contribution is -2.52. The molecule has 2 aromatic rings. The Morgan fingerprint density at radius 2 is 2.31 bits per heavy atom. The zero-order valence-corrected chi connectivity index (χ0v) is 14.5. The molecule has 26 heavy (non-hydrogen) atoms. The predicted molar refractivity (Wildman–Crippen MR) is 94.6 cm³/mol. The van der Waals surface area contributed by atoms with Gasteiger partial charge < -0.3 is 14.7 Å². The summed E-state index contributed by atoms with van der Waals surface area (Å²) < 4.78 is 0. The van der Waals surface area contributed by atoms with E-state index in [1.807, 2.05) is 17.0 Å². The molecule has 1 fully saturated rings. The number of H-pyrrole nitrogens is 1. The van der Waals surface area contributed by atoms with Crippen molar-refractivity contribution < 1.29 is 9.63 Å². The van der Waals surface area contributed by atoms with Crippen LogP contribution in [0.1, 0.15) is 48.6 Å². The summed E-state index contributed by atoms with van der Waals surface area (Å²) in [6.07, 6.45) is 9.27. The number of likely N-dealkylation sites (tertiary alicyclic amines) is 1. The zero-order chi connectivity index (χ0) is 17.5. The Balaban J connectivity index is 1.32. The number of hydrogen-bond donors (Lipinski definition) is 1. The molecular weight excluding hydrogens is 330 g/mol. The van der Waals surface area contributed by atoms with Gasteiger partial charge in [0.25, 0.3) is 5.91 Å². The maximum atomic E-state index is 13.2. The van der Waals surface area contributed by atoms with E-state index in [2.05, 4.69) is 20.1 Å². The molecule has 4 heterocycles. The van der Waals surface area contributed by atoms with E-state index >= 15 is 0 Å². The Morgan fingerprint density at radius 3 is 3.19 bits per heavy atom.